The molecule has 0 saturated carbocycles. The second-order valence-corrected chi connectivity index (χ2v) is 5.55. The average molecular weight is 283 g/mol. The van der Waals surface area contributed by atoms with Gasteiger partial charge in [-0.05, 0) is 47.4 Å². The number of rotatable bonds is 2. The maximum atomic E-state index is 9.52. The third kappa shape index (κ3) is 2.64. The van der Waals surface area contributed by atoms with Gasteiger partial charge in [0.15, 0.2) is 0 Å². The summed E-state index contributed by atoms with van der Waals surface area (Å²) in [6.45, 7) is 4.16. The highest BCUT2D eigenvalue weighted by molar-refractivity contribution is 5.99. The highest BCUT2D eigenvalue weighted by atomic mass is 14.2. The monoisotopic (exact) mass is 283 g/mol. The van der Waals surface area contributed by atoms with Crippen LogP contribution in [0.2, 0.25) is 0 Å². The standard InChI is InChI=1S/C21H17N/c1-15-7-10-17(11-8-15)19(14-22)13-18-12-9-16(2)20-5-3-4-6-21(18)20/h3-13H,1-2H3. The number of hydrogen-bond acceptors (Lipinski definition) is 1. The Balaban J connectivity index is 2.16. The Hall–Kier alpha value is -2.85. The zero-order valence-corrected chi connectivity index (χ0v) is 12.8. The minimum absolute atomic E-state index is 0.689. The van der Waals surface area contributed by atoms with Crippen LogP contribution in [0.4, 0.5) is 0 Å². The number of aryl methyl sites for hydroxylation is 2. The van der Waals surface area contributed by atoms with Gasteiger partial charge in [-0.25, -0.2) is 0 Å². The van der Waals surface area contributed by atoms with Crippen LogP contribution in [-0.4, -0.2) is 0 Å². The van der Waals surface area contributed by atoms with E-state index in [1.54, 1.807) is 0 Å². The lowest BCUT2D eigenvalue weighted by Crippen LogP contribution is -1.86. The van der Waals surface area contributed by atoms with Crippen molar-refractivity contribution in [2.45, 2.75) is 13.8 Å². The molecule has 106 valence electrons. The van der Waals surface area contributed by atoms with Crippen LogP contribution in [0.3, 0.4) is 0 Å². The largest absolute Gasteiger partial charge is 0.192 e. The molecule has 0 radical (unpaired) electrons. The average Bonchev–Trinajstić information content (AvgIpc) is 2.56. The maximum Gasteiger partial charge on any atom is 0.0998 e. The summed E-state index contributed by atoms with van der Waals surface area (Å²) in [5.41, 5.74) is 5.17. The number of benzene rings is 3. The van der Waals surface area contributed by atoms with Crippen LogP contribution in [0.1, 0.15) is 22.3 Å². The summed E-state index contributed by atoms with van der Waals surface area (Å²) in [5, 5.41) is 11.9. The Kier molecular flexibility index (Phi) is 3.76. The molecule has 0 bridgehead atoms. The molecule has 0 aliphatic carbocycles. The minimum Gasteiger partial charge on any atom is -0.192 e. The second-order valence-electron chi connectivity index (χ2n) is 5.55. The van der Waals surface area contributed by atoms with Crippen LogP contribution in [0.15, 0.2) is 60.7 Å². The Bertz CT molecular complexity index is 893. The Morgan fingerprint density at radius 1 is 0.864 bits per heavy atom. The van der Waals surface area contributed by atoms with Crippen molar-refractivity contribution < 1.29 is 0 Å². The van der Waals surface area contributed by atoms with E-state index in [4.69, 9.17) is 0 Å². The highest BCUT2D eigenvalue weighted by Crippen LogP contribution is 2.26. The van der Waals surface area contributed by atoms with Gasteiger partial charge in [0, 0.05) is 0 Å². The molecule has 0 aliphatic heterocycles. The van der Waals surface area contributed by atoms with Crippen molar-refractivity contribution >= 4 is 22.4 Å². The molecule has 3 aromatic carbocycles. The van der Waals surface area contributed by atoms with Gasteiger partial charge in [0.2, 0.25) is 0 Å². The van der Waals surface area contributed by atoms with Gasteiger partial charge in [-0.3, -0.25) is 0 Å². The molecule has 3 rings (SSSR count). The van der Waals surface area contributed by atoms with E-state index in [0.717, 1.165) is 11.1 Å². The third-order valence-corrected chi connectivity index (χ3v) is 3.96. The van der Waals surface area contributed by atoms with Crippen LogP contribution >= 0.6 is 0 Å². The molecule has 0 atom stereocenters. The fraction of sp³-hybridized carbons (Fsp3) is 0.0952. The summed E-state index contributed by atoms with van der Waals surface area (Å²) >= 11 is 0. The molecule has 0 fully saturated rings. The Labute approximate surface area is 131 Å². The molecule has 0 heterocycles. The molecular formula is C21H17N. The first kappa shape index (κ1) is 14.1. The van der Waals surface area contributed by atoms with Crippen molar-refractivity contribution in [2.24, 2.45) is 0 Å². The number of hydrogen-bond donors (Lipinski definition) is 0. The number of nitriles is 1. The fourth-order valence-corrected chi connectivity index (χ4v) is 2.67. The van der Waals surface area contributed by atoms with Crippen LogP contribution in [0.5, 0.6) is 0 Å². The molecule has 0 spiro atoms. The topological polar surface area (TPSA) is 23.8 Å². The predicted octanol–water partition coefficient (Wildman–Crippen LogP) is 5.52. The van der Waals surface area contributed by atoms with Gasteiger partial charge in [0.25, 0.3) is 0 Å². The lowest BCUT2D eigenvalue weighted by atomic mass is 9.97. The van der Waals surface area contributed by atoms with Crippen LogP contribution in [-0.2, 0) is 0 Å². The number of nitrogens with zero attached hydrogens (tertiary/aromatic N) is 1. The van der Waals surface area contributed by atoms with E-state index < -0.39 is 0 Å². The number of fused-ring (bicyclic) bond motifs is 1. The summed E-state index contributed by atoms with van der Waals surface area (Å²) in [5.74, 6) is 0. The predicted molar refractivity (Wildman–Crippen MR) is 93.3 cm³/mol. The van der Waals surface area contributed by atoms with Gasteiger partial charge in [0.1, 0.15) is 0 Å². The molecule has 0 N–H and O–H groups in total. The fourth-order valence-electron chi connectivity index (χ4n) is 2.67. The summed E-state index contributed by atoms with van der Waals surface area (Å²) in [6, 6.07) is 22.9. The molecule has 0 aliphatic rings. The zero-order chi connectivity index (χ0) is 15.5. The third-order valence-electron chi connectivity index (χ3n) is 3.96. The maximum absolute atomic E-state index is 9.52. The molecule has 0 amide bonds. The van der Waals surface area contributed by atoms with E-state index in [-0.39, 0.29) is 0 Å². The molecule has 1 heteroatoms. The van der Waals surface area contributed by atoms with Gasteiger partial charge < -0.3 is 0 Å². The zero-order valence-electron chi connectivity index (χ0n) is 12.8. The van der Waals surface area contributed by atoms with E-state index in [9.17, 15) is 5.26 Å². The van der Waals surface area contributed by atoms with Gasteiger partial charge in [0.05, 0.1) is 11.6 Å². The van der Waals surface area contributed by atoms with Crippen molar-refractivity contribution in [1.82, 2.24) is 0 Å². The summed E-state index contributed by atoms with van der Waals surface area (Å²) in [7, 11) is 0. The van der Waals surface area contributed by atoms with Crippen molar-refractivity contribution in [3.05, 3.63) is 82.9 Å². The van der Waals surface area contributed by atoms with E-state index in [2.05, 4.69) is 37.3 Å². The van der Waals surface area contributed by atoms with Crippen molar-refractivity contribution in [1.29, 1.82) is 5.26 Å². The first-order chi connectivity index (χ1) is 10.7. The smallest absolute Gasteiger partial charge is 0.0998 e. The van der Waals surface area contributed by atoms with Crippen molar-refractivity contribution in [3.63, 3.8) is 0 Å². The van der Waals surface area contributed by atoms with Gasteiger partial charge in [-0.1, -0.05) is 66.2 Å². The SMILES string of the molecule is Cc1ccc(C(C#N)=Cc2ccc(C)c3ccccc23)cc1. The van der Waals surface area contributed by atoms with E-state index >= 15 is 0 Å². The Morgan fingerprint density at radius 2 is 1.55 bits per heavy atom. The van der Waals surface area contributed by atoms with E-state index in [1.165, 1.54) is 21.9 Å². The lowest BCUT2D eigenvalue weighted by Gasteiger charge is -2.07. The summed E-state index contributed by atoms with van der Waals surface area (Å²) in [4.78, 5) is 0. The van der Waals surface area contributed by atoms with Crippen LogP contribution in [0.25, 0.3) is 22.4 Å². The molecule has 0 aromatic heterocycles. The summed E-state index contributed by atoms with van der Waals surface area (Å²) in [6.07, 6.45) is 1.98. The second kappa shape index (κ2) is 5.87. The molecule has 0 unspecified atom stereocenters. The van der Waals surface area contributed by atoms with E-state index in [1.807, 2.05) is 49.4 Å². The molecule has 3 aromatic rings. The van der Waals surface area contributed by atoms with Crippen molar-refractivity contribution in [2.75, 3.05) is 0 Å². The normalized spacial score (nSPS) is 11.4. The summed E-state index contributed by atoms with van der Waals surface area (Å²) < 4.78 is 0. The first-order valence-electron chi connectivity index (χ1n) is 7.36. The Morgan fingerprint density at radius 3 is 2.23 bits per heavy atom. The van der Waals surface area contributed by atoms with E-state index in [0.29, 0.717) is 5.57 Å². The molecular weight excluding hydrogens is 266 g/mol. The first-order valence-corrected chi connectivity index (χ1v) is 7.36. The molecule has 22 heavy (non-hydrogen) atoms. The lowest BCUT2D eigenvalue weighted by molar-refractivity contribution is 1.45. The highest BCUT2D eigenvalue weighted by Gasteiger charge is 2.05. The quantitative estimate of drug-likeness (QED) is 0.448. The minimum atomic E-state index is 0.689. The molecule has 0 saturated heterocycles. The van der Waals surface area contributed by atoms with Crippen molar-refractivity contribution in [3.8, 4) is 6.07 Å². The van der Waals surface area contributed by atoms with Gasteiger partial charge >= 0.3 is 0 Å². The van der Waals surface area contributed by atoms with Crippen LogP contribution in [0, 0.1) is 25.2 Å². The molecule has 1 nitrogen and oxygen atoms in total. The number of allylic oxidation sites excluding steroid dienone is 1. The van der Waals surface area contributed by atoms with Crippen LogP contribution < -0.4 is 0 Å². The van der Waals surface area contributed by atoms with Gasteiger partial charge in [-0.15, -0.1) is 0 Å². The van der Waals surface area contributed by atoms with Gasteiger partial charge in [-0.2, -0.15) is 5.26 Å².